The standard InChI is InChI=1S/C15H17ClN2O2/c16-13-4-3-11(2-1-7-17)10-14(13)18-15(19)12-5-8-20-9-6-12/h3-4,10,12H,5-9,17H2,(H,18,19). The van der Waals surface area contributed by atoms with Crippen molar-refractivity contribution in [2.24, 2.45) is 11.7 Å². The van der Waals surface area contributed by atoms with E-state index in [1.165, 1.54) is 0 Å². The molecule has 0 radical (unpaired) electrons. The summed E-state index contributed by atoms with van der Waals surface area (Å²) in [6, 6.07) is 5.29. The lowest BCUT2D eigenvalue weighted by molar-refractivity contribution is -0.122. The van der Waals surface area contributed by atoms with Crippen LogP contribution in [0.2, 0.25) is 5.02 Å². The summed E-state index contributed by atoms with van der Waals surface area (Å²) in [5, 5.41) is 3.37. The molecule has 1 heterocycles. The third kappa shape index (κ3) is 3.97. The van der Waals surface area contributed by atoms with Gasteiger partial charge >= 0.3 is 0 Å². The van der Waals surface area contributed by atoms with Crippen molar-refractivity contribution in [3.8, 4) is 11.8 Å². The molecule has 1 aliphatic rings. The summed E-state index contributed by atoms with van der Waals surface area (Å²) in [7, 11) is 0. The van der Waals surface area contributed by atoms with E-state index in [0.29, 0.717) is 30.5 Å². The van der Waals surface area contributed by atoms with Gasteiger partial charge in [-0.15, -0.1) is 0 Å². The molecule has 3 N–H and O–H groups in total. The van der Waals surface area contributed by atoms with Crippen molar-refractivity contribution in [3.05, 3.63) is 28.8 Å². The van der Waals surface area contributed by atoms with Gasteiger partial charge in [0.15, 0.2) is 0 Å². The summed E-state index contributed by atoms with van der Waals surface area (Å²) in [6.07, 6.45) is 1.49. The van der Waals surface area contributed by atoms with Crippen LogP contribution in [-0.4, -0.2) is 25.7 Å². The fraction of sp³-hybridized carbons (Fsp3) is 0.400. The zero-order chi connectivity index (χ0) is 14.4. The highest BCUT2D eigenvalue weighted by molar-refractivity contribution is 6.33. The van der Waals surface area contributed by atoms with Gasteiger partial charge in [0.25, 0.3) is 0 Å². The Morgan fingerprint density at radius 2 is 2.20 bits per heavy atom. The van der Waals surface area contributed by atoms with Gasteiger partial charge in [0.2, 0.25) is 5.91 Å². The fourth-order valence-electron chi connectivity index (χ4n) is 2.05. The van der Waals surface area contributed by atoms with Crippen LogP contribution in [0.1, 0.15) is 18.4 Å². The SMILES string of the molecule is NCC#Cc1ccc(Cl)c(NC(=O)C2CCOCC2)c1. The minimum atomic E-state index is -0.0152. The third-order valence-corrected chi connectivity index (χ3v) is 3.48. The van der Waals surface area contributed by atoms with Crippen molar-refractivity contribution in [2.75, 3.05) is 25.1 Å². The van der Waals surface area contributed by atoms with E-state index in [9.17, 15) is 4.79 Å². The molecule has 0 unspecified atom stereocenters. The summed E-state index contributed by atoms with van der Waals surface area (Å²) >= 11 is 6.10. The first-order chi connectivity index (χ1) is 9.70. The molecule has 2 rings (SSSR count). The van der Waals surface area contributed by atoms with Crippen LogP contribution in [0, 0.1) is 17.8 Å². The molecule has 0 aliphatic carbocycles. The van der Waals surface area contributed by atoms with Crippen molar-refractivity contribution in [1.82, 2.24) is 0 Å². The number of hydrogen-bond acceptors (Lipinski definition) is 3. The molecule has 1 aromatic rings. The molecule has 0 aromatic heterocycles. The topological polar surface area (TPSA) is 64.3 Å². The van der Waals surface area contributed by atoms with Crippen LogP contribution < -0.4 is 11.1 Å². The van der Waals surface area contributed by atoms with Crippen LogP contribution in [-0.2, 0) is 9.53 Å². The zero-order valence-corrected chi connectivity index (χ0v) is 11.9. The van der Waals surface area contributed by atoms with Gasteiger partial charge in [-0.2, -0.15) is 0 Å². The number of halogens is 1. The number of nitrogens with two attached hydrogens (primary N) is 1. The average Bonchev–Trinajstić information content (AvgIpc) is 2.49. The molecule has 1 aromatic carbocycles. The second-order valence-corrected chi connectivity index (χ2v) is 4.98. The summed E-state index contributed by atoms with van der Waals surface area (Å²) in [5.41, 5.74) is 6.71. The van der Waals surface area contributed by atoms with Gasteiger partial charge in [0, 0.05) is 24.7 Å². The van der Waals surface area contributed by atoms with E-state index >= 15 is 0 Å². The second kappa shape index (κ2) is 7.30. The lowest BCUT2D eigenvalue weighted by Crippen LogP contribution is -2.28. The Hall–Kier alpha value is -1.54. The summed E-state index contributed by atoms with van der Waals surface area (Å²) in [5.74, 6) is 5.66. The third-order valence-electron chi connectivity index (χ3n) is 3.15. The quantitative estimate of drug-likeness (QED) is 0.820. The predicted molar refractivity (Wildman–Crippen MR) is 79.6 cm³/mol. The van der Waals surface area contributed by atoms with Gasteiger partial charge < -0.3 is 15.8 Å². The largest absolute Gasteiger partial charge is 0.381 e. The molecule has 1 amide bonds. The first-order valence-electron chi connectivity index (χ1n) is 6.58. The maximum Gasteiger partial charge on any atom is 0.227 e. The number of nitrogens with one attached hydrogen (secondary N) is 1. The zero-order valence-electron chi connectivity index (χ0n) is 11.1. The molecule has 5 heteroatoms. The smallest absolute Gasteiger partial charge is 0.227 e. The van der Waals surface area contributed by atoms with Gasteiger partial charge in [-0.3, -0.25) is 4.79 Å². The molecule has 20 heavy (non-hydrogen) atoms. The van der Waals surface area contributed by atoms with Gasteiger partial charge in [-0.1, -0.05) is 23.4 Å². The Bertz CT molecular complexity index is 543. The number of benzene rings is 1. The Labute approximate surface area is 123 Å². The number of amides is 1. The van der Waals surface area contributed by atoms with Crippen molar-refractivity contribution >= 4 is 23.2 Å². The molecular formula is C15H17ClN2O2. The fourth-order valence-corrected chi connectivity index (χ4v) is 2.21. The average molecular weight is 293 g/mol. The van der Waals surface area contributed by atoms with E-state index in [0.717, 1.165) is 18.4 Å². The number of anilines is 1. The Morgan fingerprint density at radius 1 is 1.45 bits per heavy atom. The molecular weight excluding hydrogens is 276 g/mol. The maximum atomic E-state index is 12.2. The van der Waals surface area contributed by atoms with E-state index in [2.05, 4.69) is 17.2 Å². The van der Waals surface area contributed by atoms with Crippen molar-refractivity contribution < 1.29 is 9.53 Å². The Balaban J connectivity index is 2.09. The Morgan fingerprint density at radius 3 is 2.90 bits per heavy atom. The first-order valence-corrected chi connectivity index (χ1v) is 6.95. The highest BCUT2D eigenvalue weighted by atomic mass is 35.5. The first kappa shape index (κ1) is 14.9. The lowest BCUT2D eigenvalue weighted by atomic mass is 9.99. The van der Waals surface area contributed by atoms with E-state index < -0.39 is 0 Å². The van der Waals surface area contributed by atoms with Crippen molar-refractivity contribution in [2.45, 2.75) is 12.8 Å². The van der Waals surface area contributed by atoms with E-state index in [4.69, 9.17) is 22.1 Å². The second-order valence-electron chi connectivity index (χ2n) is 4.58. The molecule has 0 atom stereocenters. The minimum absolute atomic E-state index is 0.0147. The number of rotatable bonds is 2. The van der Waals surface area contributed by atoms with Crippen LogP contribution in [0.3, 0.4) is 0 Å². The van der Waals surface area contributed by atoms with Crippen molar-refractivity contribution in [1.29, 1.82) is 0 Å². The molecule has 106 valence electrons. The highest BCUT2D eigenvalue weighted by Crippen LogP contribution is 2.25. The summed E-state index contributed by atoms with van der Waals surface area (Å²) in [4.78, 5) is 12.2. The Kier molecular flexibility index (Phi) is 5.42. The van der Waals surface area contributed by atoms with E-state index in [-0.39, 0.29) is 11.8 Å². The van der Waals surface area contributed by atoms with Crippen LogP contribution in [0.25, 0.3) is 0 Å². The molecule has 0 bridgehead atoms. The number of carbonyl (C=O) groups excluding carboxylic acids is 1. The molecule has 1 fully saturated rings. The summed E-state index contributed by atoms with van der Waals surface area (Å²) < 4.78 is 5.25. The van der Waals surface area contributed by atoms with Crippen LogP contribution >= 0.6 is 11.6 Å². The summed E-state index contributed by atoms with van der Waals surface area (Å²) in [6.45, 7) is 1.56. The van der Waals surface area contributed by atoms with Crippen LogP contribution in [0.15, 0.2) is 18.2 Å². The number of carbonyl (C=O) groups is 1. The van der Waals surface area contributed by atoms with Gasteiger partial charge in [-0.25, -0.2) is 0 Å². The monoisotopic (exact) mass is 292 g/mol. The van der Waals surface area contributed by atoms with Crippen LogP contribution in [0.5, 0.6) is 0 Å². The molecule has 1 aliphatic heterocycles. The van der Waals surface area contributed by atoms with Gasteiger partial charge in [0.05, 0.1) is 17.3 Å². The number of hydrogen-bond donors (Lipinski definition) is 2. The molecule has 0 saturated carbocycles. The molecule has 1 saturated heterocycles. The van der Waals surface area contributed by atoms with Crippen LogP contribution in [0.4, 0.5) is 5.69 Å². The van der Waals surface area contributed by atoms with Crippen molar-refractivity contribution in [3.63, 3.8) is 0 Å². The normalized spacial score (nSPS) is 15.3. The molecule has 4 nitrogen and oxygen atoms in total. The molecule has 0 spiro atoms. The number of ether oxygens (including phenoxy) is 1. The van der Waals surface area contributed by atoms with E-state index in [1.54, 1.807) is 18.2 Å². The highest BCUT2D eigenvalue weighted by Gasteiger charge is 2.22. The van der Waals surface area contributed by atoms with E-state index in [1.807, 2.05) is 0 Å². The van der Waals surface area contributed by atoms with Gasteiger partial charge in [-0.05, 0) is 31.0 Å². The maximum absolute atomic E-state index is 12.2. The lowest BCUT2D eigenvalue weighted by Gasteiger charge is -2.21. The van der Waals surface area contributed by atoms with Gasteiger partial charge in [0.1, 0.15) is 0 Å². The minimum Gasteiger partial charge on any atom is -0.381 e. The predicted octanol–water partition coefficient (Wildman–Crippen LogP) is 2.02.